The van der Waals surface area contributed by atoms with Crippen molar-refractivity contribution in [3.63, 3.8) is 0 Å². The van der Waals surface area contributed by atoms with Crippen molar-refractivity contribution < 1.29 is 14.3 Å². The number of ether oxygens (including phenoxy) is 2. The summed E-state index contributed by atoms with van der Waals surface area (Å²) < 4.78 is 10.8. The monoisotopic (exact) mass is 249 g/mol. The fourth-order valence-electron chi connectivity index (χ4n) is 2.06. The minimum absolute atomic E-state index is 0.0841. The Morgan fingerprint density at radius 2 is 2.39 bits per heavy atom. The van der Waals surface area contributed by atoms with Crippen LogP contribution in [-0.4, -0.2) is 38.2 Å². The molecule has 4 heteroatoms. The van der Waals surface area contributed by atoms with E-state index in [1.807, 2.05) is 32.0 Å². The maximum absolute atomic E-state index is 12.2. The number of carbonyl (C=O) groups excluding carboxylic acids is 1. The van der Waals surface area contributed by atoms with Gasteiger partial charge in [0.15, 0.2) is 5.78 Å². The molecule has 1 aliphatic heterocycles. The predicted octanol–water partition coefficient (Wildman–Crippen LogP) is 1.56. The molecule has 1 N–H and O–H groups in total. The highest BCUT2D eigenvalue weighted by Gasteiger charge is 2.22. The van der Waals surface area contributed by atoms with Gasteiger partial charge in [0.1, 0.15) is 5.75 Å². The Morgan fingerprint density at radius 1 is 1.56 bits per heavy atom. The van der Waals surface area contributed by atoms with Gasteiger partial charge in [-0.3, -0.25) is 4.79 Å². The van der Waals surface area contributed by atoms with Crippen LogP contribution in [0.5, 0.6) is 5.75 Å². The van der Waals surface area contributed by atoms with Gasteiger partial charge >= 0.3 is 0 Å². The van der Waals surface area contributed by atoms with Gasteiger partial charge in [-0.05, 0) is 37.6 Å². The molecule has 98 valence electrons. The quantitative estimate of drug-likeness (QED) is 0.823. The molecule has 4 nitrogen and oxygen atoms in total. The molecule has 0 saturated carbocycles. The first kappa shape index (κ1) is 13.1. The third-order valence-electron chi connectivity index (χ3n) is 3.00. The van der Waals surface area contributed by atoms with Crippen LogP contribution in [0.3, 0.4) is 0 Å². The summed E-state index contributed by atoms with van der Waals surface area (Å²) in [5, 5.41) is 3.17. The van der Waals surface area contributed by atoms with Crippen LogP contribution in [-0.2, 0) is 4.74 Å². The Kier molecular flexibility index (Phi) is 4.33. The molecule has 1 aromatic rings. The van der Waals surface area contributed by atoms with E-state index in [2.05, 4.69) is 5.32 Å². The lowest BCUT2D eigenvalue weighted by molar-refractivity contribution is 0.0607. The van der Waals surface area contributed by atoms with E-state index in [-0.39, 0.29) is 11.8 Å². The summed E-state index contributed by atoms with van der Waals surface area (Å²) in [6.07, 6.45) is 0. The number of morpholine rings is 1. The molecule has 0 amide bonds. The number of ketones is 1. The van der Waals surface area contributed by atoms with Gasteiger partial charge in [-0.15, -0.1) is 0 Å². The second kappa shape index (κ2) is 5.98. The highest BCUT2D eigenvalue weighted by molar-refractivity contribution is 6.00. The first-order valence-electron chi connectivity index (χ1n) is 6.31. The predicted molar refractivity (Wildman–Crippen MR) is 69.3 cm³/mol. The summed E-state index contributed by atoms with van der Waals surface area (Å²) in [5.74, 6) is 0.919. The van der Waals surface area contributed by atoms with Crippen LogP contribution >= 0.6 is 0 Å². The highest BCUT2D eigenvalue weighted by Crippen LogP contribution is 2.20. The lowest BCUT2D eigenvalue weighted by Crippen LogP contribution is -2.46. The van der Waals surface area contributed by atoms with Gasteiger partial charge in [0.25, 0.3) is 0 Å². The molecule has 1 unspecified atom stereocenters. The fourth-order valence-corrected chi connectivity index (χ4v) is 2.06. The maximum Gasteiger partial charge on any atom is 0.182 e. The number of rotatable bonds is 4. The number of hydrogen-bond acceptors (Lipinski definition) is 4. The third-order valence-corrected chi connectivity index (χ3v) is 3.00. The standard InChI is InChI=1S/C14H19NO3/c1-3-18-13-5-4-11(8-10(13)2)14(16)12-9-17-7-6-15-12/h4-5,8,12,15H,3,6-7,9H2,1-2H3. The van der Waals surface area contributed by atoms with Crippen molar-refractivity contribution in [2.24, 2.45) is 0 Å². The van der Waals surface area contributed by atoms with Crippen LogP contribution in [0, 0.1) is 6.92 Å². The van der Waals surface area contributed by atoms with Crippen LogP contribution in [0.2, 0.25) is 0 Å². The normalized spacial score (nSPS) is 19.6. The van der Waals surface area contributed by atoms with Crippen molar-refractivity contribution in [2.45, 2.75) is 19.9 Å². The van der Waals surface area contributed by atoms with Gasteiger partial charge in [-0.2, -0.15) is 0 Å². The largest absolute Gasteiger partial charge is 0.494 e. The summed E-state index contributed by atoms with van der Waals surface area (Å²) >= 11 is 0. The number of benzene rings is 1. The van der Waals surface area contributed by atoms with Crippen molar-refractivity contribution in [2.75, 3.05) is 26.4 Å². The number of hydrogen-bond donors (Lipinski definition) is 1. The van der Waals surface area contributed by atoms with Gasteiger partial charge < -0.3 is 14.8 Å². The zero-order valence-corrected chi connectivity index (χ0v) is 10.9. The van der Waals surface area contributed by atoms with E-state index in [4.69, 9.17) is 9.47 Å². The average molecular weight is 249 g/mol. The van der Waals surface area contributed by atoms with E-state index in [1.165, 1.54) is 0 Å². The Morgan fingerprint density at radius 3 is 3.00 bits per heavy atom. The minimum Gasteiger partial charge on any atom is -0.494 e. The van der Waals surface area contributed by atoms with Crippen LogP contribution in [0.4, 0.5) is 0 Å². The van der Waals surface area contributed by atoms with Gasteiger partial charge in [0, 0.05) is 12.1 Å². The molecule has 1 saturated heterocycles. The average Bonchev–Trinajstić information content (AvgIpc) is 2.41. The summed E-state index contributed by atoms with van der Waals surface area (Å²) in [7, 11) is 0. The van der Waals surface area contributed by atoms with E-state index in [9.17, 15) is 4.79 Å². The molecular weight excluding hydrogens is 230 g/mol. The van der Waals surface area contributed by atoms with Gasteiger partial charge in [-0.1, -0.05) is 0 Å². The van der Waals surface area contributed by atoms with Gasteiger partial charge in [0.2, 0.25) is 0 Å². The van der Waals surface area contributed by atoms with Crippen molar-refractivity contribution >= 4 is 5.78 Å². The van der Waals surface area contributed by atoms with Gasteiger partial charge in [-0.25, -0.2) is 0 Å². The second-order valence-corrected chi connectivity index (χ2v) is 4.36. The molecule has 0 aromatic heterocycles. The summed E-state index contributed by atoms with van der Waals surface area (Å²) in [6.45, 7) is 6.38. The van der Waals surface area contributed by atoms with Crippen LogP contribution < -0.4 is 10.1 Å². The first-order chi connectivity index (χ1) is 8.72. The number of aryl methyl sites for hydroxylation is 1. The summed E-state index contributed by atoms with van der Waals surface area (Å²) in [5.41, 5.74) is 1.69. The Labute approximate surface area is 107 Å². The van der Waals surface area contributed by atoms with E-state index in [0.717, 1.165) is 17.9 Å². The molecule has 18 heavy (non-hydrogen) atoms. The smallest absolute Gasteiger partial charge is 0.182 e. The van der Waals surface area contributed by atoms with E-state index < -0.39 is 0 Å². The molecule has 1 heterocycles. The van der Waals surface area contributed by atoms with E-state index in [0.29, 0.717) is 25.4 Å². The van der Waals surface area contributed by atoms with Crippen molar-refractivity contribution in [3.8, 4) is 5.75 Å². The molecule has 2 rings (SSSR count). The minimum atomic E-state index is -0.226. The molecule has 1 atom stereocenters. The SMILES string of the molecule is CCOc1ccc(C(=O)C2COCCN2)cc1C. The van der Waals surface area contributed by atoms with E-state index >= 15 is 0 Å². The molecule has 0 spiro atoms. The zero-order valence-electron chi connectivity index (χ0n) is 10.9. The second-order valence-electron chi connectivity index (χ2n) is 4.36. The van der Waals surface area contributed by atoms with Gasteiger partial charge in [0.05, 0.1) is 25.9 Å². The molecule has 1 aromatic carbocycles. The molecule has 0 radical (unpaired) electrons. The third kappa shape index (κ3) is 2.89. The first-order valence-corrected chi connectivity index (χ1v) is 6.31. The van der Waals surface area contributed by atoms with Crippen LogP contribution in [0.1, 0.15) is 22.8 Å². The summed E-state index contributed by atoms with van der Waals surface area (Å²) in [4.78, 5) is 12.2. The van der Waals surface area contributed by atoms with Crippen molar-refractivity contribution in [1.82, 2.24) is 5.32 Å². The molecule has 0 bridgehead atoms. The number of carbonyl (C=O) groups is 1. The zero-order chi connectivity index (χ0) is 13.0. The number of Topliss-reactive ketones (excluding diaryl/α,β-unsaturated/α-hetero) is 1. The van der Waals surface area contributed by atoms with Crippen LogP contribution in [0.15, 0.2) is 18.2 Å². The van der Waals surface area contributed by atoms with Crippen molar-refractivity contribution in [1.29, 1.82) is 0 Å². The lowest BCUT2D eigenvalue weighted by atomic mass is 10.0. The lowest BCUT2D eigenvalue weighted by Gasteiger charge is -2.22. The molecule has 1 fully saturated rings. The topological polar surface area (TPSA) is 47.6 Å². The molecule has 1 aliphatic rings. The molecular formula is C14H19NO3. The van der Waals surface area contributed by atoms with Crippen LogP contribution in [0.25, 0.3) is 0 Å². The Hall–Kier alpha value is -1.39. The van der Waals surface area contributed by atoms with Crippen molar-refractivity contribution in [3.05, 3.63) is 29.3 Å². The Balaban J connectivity index is 2.12. The number of nitrogens with one attached hydrogen (secondary N) is 1. The molecule has 0 aliphatic carbocycles. The maximum atomic E-state index is 12.2. The Bertz CT molecular complexity index is 425. The van der Waals surface area contributed by atoms with E-state index in [1.54, 1.807) is 0 Å². The fraction of sp³-hybridized carbons (Fsp3) is 0.500. The summed E-state index contributed by atoms with van der Waals surface area (Å²) in [6, 6.07) is 5.33. The highest BCUT2D eigenvalue weighted by atomic mass is 16.5.